The van der Waals surface area contributed by atoms with Crippen molar-refractivity contribution in [1.82, 2.24) is 5.01 Å². The van der Waals surface area contributed by atoms with Gasteiger partial charge in [-0.3, -0.25) is 4.79 Å². The Morgan fingerprint density at radius 2 is 1.92 bits per heavy atom. The van der Waals surface area contributed by atoms with Crippen LogP contribution in [0.25, 0.3) is 6.08 Å². The van der Waals surface area contributed by atoms with Crippen LogP contribution >= 0.6 is 0 Å². The zero-order valence-electron chi connectivity index (χ0n) is 13.5. The molecule has 0 aliphatic carbocycles. The standard InChI is InChI=1S/C20H19FN2O/c1-2-20(24)23-18(13-8-15-6-4-3-5-7-15)14-19(22-23)16-9-11-17(21)12-10-16/h3-13,18H,2,14H2,1H3/b13-8+/t18-/m1/s1. The van der Waals surface area contributed by atoms with Gasteiger partial charge in [0.25, 0.3) is 0 Å². The van der Waals surface area contributed by atoms with Crippen molar-refractivity contribution < 1.29 is 9.18 Å². The van der Waals surface area contributed by atoms with Crippen LogP contribution in [0, 0.1) is 5.82 Å². The minimum atomic E-state index is -0.278. The van der Waals surface area contributed by atoms with Gasteiger partial charge in [-0.25, -0.2) is 9.40 Å². The van der Waals surface area contributed by atoms with Crippen molar-refractivity contribution in [3.8, 4) is 0 Å². The fraction of sp³-hybridized carbons (Fsp3) is 0.200. The van der Waals surface area contributed by atoms with Gasteiger partial charge in [0.2, 0.25) is 5.91 Å². The zero-order chi connectivity index (χ0) is 16.9. The SMILES string of the molecule is CCC(=O)N1N=C(c2ccc(F)cc2)C[C@H]1/C=C/c1ccccc1. The fourth-order valence-corrected chi connectivity index (χ4v) is 2.69. The van der Waals surface area contributed by atoms with E-state index in [1.807, 2.05) is 49.4 Å². The predicted octanol–water partition coefficient (Wildman–Crippen LogP) is 4.25. The van der Waals surface area contributed by atoms with Gasteiger partial charge >= 0.3 is 0 Å². The maximum Gasteiger partial charge on any atom is 0.242 e. The maximum atomic E-state index is 13.1. The molecule has 1 atom stereocenters. The van der Waals surface area contributed by atoms with E-state index < -0.39 is 0 Å². The van der Waals surface area contributed by atoms with Crippen LogP contribution in [0.1, 0.15) is 30.9 Å². The summed E-state index contributed by atoms with van der Waals surface area (Å²) in [4.78, 5) is 12.2. The topological polar surface area (TPSA) is 32.7 Å². The molecule has 0 aromatic heterocycles. The Balaban J connectivity index is 1.83. The van der Waals surface area contributed by atoms with E-state index >= 15 is 0 Å². The normalized spacial score (nSPS) is 17.3. The summed E-state index contributed by atoms with van der Waals surface area (Å²) in [7, 11) is 0. The van der Waals surface area contributed by atoms with Crippen LogP contribution in [-0.2, 0) is 4.79 Å². The van der Waals surface area contributed by atoms with Crippen molar-refractivity contribution in [2.75, 3.05) is 0 Å². The first kappa shape index (κ1) is 16.1. The third-order valence-corrected chi connectivity index (χ3v) is 3.99. The molecule has 122 valence electrons. The molecule has 0 spiro atoms. The number of amides is 1. The van der Waals surface area contributed by atoms with Gasteiger partial charge < -0.3 is 0 Å². The number of carbonyl (C=O) groups is 1. The maximum absolute atomic E-state index is 13.1. The van der Waals surface area contributed by atoms with E-state index in [1.165, 1.54) is 17.1 Å². The third-order valence-electron chi connectivity index (χ3n) is 3.99. The highest BCUT2D eigenvalue weighted by molar-refractivity contribution is 6.03. The molecule has 0 saturated heterocycles. The summed E-state index contributed by atoms with van der Waals surface area (Å²) >= 11 is 0. The number of hydrogen-bond donors (Lipinski definition) is 0. The van der Waals surface area contributed by atoms with Crippen LogP contribution in [0.5, 0.6) is 0 Å². The smallest absolute Gasteiger partial charge is 0.242 e. The third kappa shape index (κ3) is 3.59. The lowest BCUT2D eigenvalue weighted by atomic mass is 10.0. The van der Waals surface area contributed by atoms with E-state index in [0.29, 0.717) is 12.8 Å². The summed E-state index contributed by atoms with van der Waals surface area (Å²) in [6.45, 7) is 1.83. The number of hydrogen-bond acceptors (Lipinski definition) is 2. The molecule has 4 heteroatoms. The molecule has 24 heavy (non-hydrogen) atoms. The van der Waals surface area contributed by atoms with Gasteiger partial charge in [0.1, 0.15) is 5.82 Å². The van der Waals surface area contributed by atoms with Crippen molar-refractivity contribution >= 4 is 17.7 Å². The lowest BCUT2D eigenvalue weighted by Crippen LogP contribution is -2.30. The van der Waals surface area contributed by atoms with Crippen LogP contribution in [0.4, 0.5) is 4.39 Å². The van der Waals surface area contributed by atoms with Gasteiger partial charge in [0, 0.05) is 12.8 Å². The summed E-state index contributed by atoms with van der Waals surface area (Å²) in [6.07, 6.45) is 5.03. The van der Waals surface area contributed by atoms with Gasteiger partial charge in [-0.15, -0.1) is 0 Å². The molecule has 0 fully saturated rings. The van der Waals surface area contributed by atoms with Gasteiger partial charge in [0.05, 0.1) is 11.8 Å². The summed E-state index contributed by atoms with van der Waals surface area (Å²) < 4.78 is 13.1. The molecule has 0 saturated carbocycles. The summed E-state index contributed by atoms with van der Waals surface area (Å²) in [5, 5.41) is 6.02. The predicted molar refractivity (Wildman–Crippen MR) is 94.0 cm³/mol. The molecule has 1 heterocycles. The van der Waals surface area contributed by atoms with Crippen molar-refractivity contribution in [1.29, 1.82) is 0 Å². The van der Waals surface area contributed by atoms with Crippen LogP contribution in [0.3, 0.4) is 0 Å². The minimum Gasteiger partial charge on any atom is -0.273 e. The lowest BCUT2D eigenvalue weighted by molar-refractivity contribution is -0.131. The fourth-order valence-electron chi connectivity index (χ4n) is 2.69. The second-order valence-corrected chi connectivity index (χ2v) is 5.69. The second-order valence-electron chi connectivity index (χ2n) is 5.69. The molecule has 1 amide bonds. The Morgan fingerprint density at radius 3 is 2.58 bits per heavy atom. The van der Waals surface area contributed by atoms with Crippen LogP contribution in [0.15, 0.2) is 65.8 Å². The highest BCUT2D eigenvalue weighted by Crippen LogP contribution is 2.23. The van der Waals surface area contributed by atoms with Crippen molar-refractivity contribution in [2.24, 2.45) is 5.10 Å². The van der Waals surface area contributed by atoms with E-state index in [4.69, 9.17) is 0 Å². The van der Waals surface area contributed by atoms with Gasteiger partial charge in [-0.2, -0.15) is 5.10 Å². The number of nitrogens with zero attached hydrogens (tertiary/aromatic N) is 2. The van der Waals surface area contributed by atoms with E-state index in [9.17, 15) is 9.18 Å². The molecule has 2 aromatic carbocycles. The molecule has 0 N–H and O–H groups in total. The Labute approximate surface area is 141 Å². The molecule has 0 bridgehead atoms. The molecule has 3 nitrogen and oxygen atoms in total. The van der Waals surface area contributed by atoms with E-state index in [2.05, 4.69) is 5.10 Å². The number of carbonyl (C=O) groups excluding carboxylic acids is 1. The first-order valence-electron chi connectivity index (χ1n) is 8.06. The number of rotatable bonds is 4. The Hall–Kier alpha value is -2.75. The van der Waals surface area contributed by atoms with Gasteiger partial charge in [-0.05, 0) is 23.3 Å². The second kappa shape index (κ2) is 7.21. The molecular formula is C20H19FN2O. The zero-order valence-corrected chi connectivity index (χ0v) is 13.5. The molecule has 0 radical (unpaired) electrons. The number of hydrazone groups is 1. The van der Waals surface area contributed by atoms with Crippen molar-refractivity contribution in [2.45, 2.75) is 25.8 Å². The summed E-state index contributed by atoms with van der Waals surface area (Å²) in [5.74, 6) is -0.297. The monoisotopic (exact) mass is 322 g/mol. The molecule has 3 rings (SSSR count). The molecule has 0 unspecified atom stereocenters. The van der Waals surface area contributed by atoms with E-state index in [1.54, 1.807) is 12.1 Å². The Kier molecular flexibility index (Phi) is 4.85. The Morgan fingerprint density at radius 1 is 1.21 bits per heavy atom. The molecular weight excluding hydrogens is 303 g/mol. The highest BCUT2D eigenvalue weighted by Gasteiger charge is 2.29. The quantitative estimate of drug-likeness (QED) is 0.828. The minimum absolute atomic E-state index is 0.0187. The largest absolute Gasteiger partial charge is 0.273 e. The first-order chi connectivity index (χ1) is 11.7. The average Bonchev–Trinajstić information content (AvgIpc) is 3.05. The van der Waals surface area contributed by atoms with E-state index in [-0.39, 0.29) is 17.8 Å². The van der Waals surface area contributed by atoms with E-state index in [0.717, 1.165) is 16.8 Å². The lowest BCUT2D eigenvalue weighted by Gasteiger charge is -2.17. The Bertz CT molecular complexity index is 766. The van der Waals surface area contributed by atoms with Gasteiger partial charge in [0.15, 0.2) is 0 Å². The van der Waals surface area contributed by atoms with Crippen molar-refractivity contribution in [3.63, 3.8) is 0 Å². The number of halogens is 1. The van der Waals surface area contributed by atoms with Crippen LogP contribution in [0.2, 0.25) is 0 Å². The highest BCUT2D eigenvalue weighted by atomic mass is 19.1. The first-order valence-corrected chi connectivity index (χ1v) is 8.06. The summed E-state index contributed by atoms with van der Waals surface area (Å²) in [5.41, 5.74) is 2.73. The van der Waals surface area contributed by atoms with Gasteiger partial charge in [-0.1, -0.05) is 61.5 Å². The number of benzene rings is 2. The summed E-state index contributed by atoms with van der Waals surface area (Å²) in [6, 6.07) is 16.1. The average molecular weight is 322 g/mol. The van der Waals surface area contributed by atoms with Crippen LogP contribution in [-0.4, -0.2) is 22.7 Å². The van der Waals surface area contributed by atoms with Crippen LogP contribution < -0.4 is 0 Å². The molecule has 1 aliphatic heterocycles. The molecule has 2 aromatic rings. The molecule has 1 aliphatic rings. The van der Waals surface area contributed by atoms with Crippen molar-refractivity contribution in [3.05, 3.63) is 77.6 Å².